The highest BCUT2D eigenvalue weighted by molar-refractivity contribution is 5.96. The number of methoxy groups -OCH3 is 1. The first-order valence-electron chi connectivity index (χ1n) is 11.3. The fourth-order valence-corrected chi connectivity index (χ4v) is 3.75. The summed E-state index contributed by atoms with van der Waals surface area (Å²) in [5.41, 5.74) is 9.49. The lowest BCUT2D eigenvalue weighted by atomic mass is 10.0. The fourth-order valence-electron chi connectivity index (χ4n) is 3.75. The molecule has 0 aromatic heterocycles. The Labute approximate surface area is 199 Å². The second-order valence-electron chi connectivity index (χ2n) is 8.43. The molecule has 3 aromatic rings. The van der Waals surface area contributed by atoms with Gasteiger partial charge in [0.15, 0.2) is 0 Å². The number of hydrogen-bond acceptors (Lipinski definition) is 5. The summed E-state index contributed by atoms with van der Waals surface area (Å²) in [4.78, 5) is 25.6. The lowest BCUT2D eigenvalue weighted by Crippen LogP contribution is -2.45. The number of carbonyl (C=O) groups is 2. The van der Waals surface area contributed by atoms with Crippen LogP contribution in [0.3, 0.4) is 0 Å². The average molecular weight is 460 g/mol. The summed E-state index contributed by atoms with van der Waals surface area (Å²) in [7, 11) is 1.59. The Hall–Kier alpha value is -3.84. The quantitative estimate of drug-likeness (QED) is 0.449. The molecule has 4 N–H and O–H groups in total. The molecule has 34 heavy (non-hydrogen) atoms. The van der Waals surface area contributed by atoms with E-state index in [0.29, 0.717) is 18.0 Å². The Bertz CT molecular complexity index is 1100. The highest BCUT2D eigenvalue weighted by atomic mass is 16.5. The number of benzene rings is 3. The minimum atomic E-state index is -0.826. The lowest BCUT2D eigenvalue weighted by molar-refractivity contribution is -0.118. The maximum Gasteiger partial charge on any atom is 0.408 e. The lowest BCUT2D eigenvalue weighted by Gasteiger charge is -2.19. The van der Waals surface area contributed by atoms with Gasteiger partial charge in [-0.1, -0.05) is 54.6 Å². The zero-order valence-electron chi connectivity index (χ0n) is 19.1. The highest BCUT2D eigenvalue weighted by Gasteiger charge is 2.34. The molecule has 0 saturated heterocycles. The van der Waals surface area contributed by atoms with E-state index in [1.807, 2.05) is 78.9 Å². The van der Waals surface area contributed by atoms with Crippen LogP contribution in [-0.2, 0) is 22.6 Å². The van der Waals surface area contributed by atoms with Gasteiger partial charge in [-0.3, -0.25) is 4.79 Å². The molecule has 0 bridgehead atoms. The number of rotatable bonds is 9. The summed E-state index contributed by atoms with van der Waals surface area (Å²) in [6.07, 6.45) is 0.631. The molecule has 176 valence electrons. The molecule has 1 unspecified atom stereocenters. The van der Waals surface area contributed by atoms with Crippen LogP contribution in [0.1, 0.15) is 29.0 Å². The van der Waals surface area contributed by atoms with E-state index in [-0.39, 0.29) is 18.6 Å². The zero-order chi connectivity index (χ0) is 23.9. The van der Waals surface area contributed by atoms with Gasteiger partial charge in [0, 0.05) is 24.1 Å². The summed E-state index contributed by atoms with van der Waals surface area (Å²) in [5.74, 6) is 0.785. The van der Waals surface area contributed by atoms with Crippen LogP contribution in [0, 0.1) is 0 Å². The molecule has 1 aliphatic rings. The van der Waals surface area contributed by atoms with Crippen molar-refractivity contribution in [2.24, 2.45) is 5.73 Å². The molecule has 4 rings (SSSR count). The third kappa shape index (κ3) is 6.36. The summed E-state index contributed by atoms with van der Waals surface area (Å²) in [6, 6.07) is 23.8. The maximum absolute atomic E-state index is 13.1. The number of alkyl carbamates (subject to hydrolysis) is 1. The Morgan fingerprint density at radius 3 is 2.26 bits per heavy atom. The molecule has 1 aliphatic carbocycles. The Morgan fingerprint density at radius 1 is 0.971 bits per heavy atom. The number of nitrogens with two attached hydrogens (primary N) is 1. The van der Waals surface area contributed by atoms with Crippen LogP contribution in [0.4, 0.5) is 10.5 Å². The summed E-state index contributed by atoms with van der Waals surface area (Å²) < 4.78 is 10.5. The van der Waals surface area contributed by atoms with Gasteiger partial charge in [-0.05, 0) is 47.4 Å². The number of carbonyl (C=O) groups excluding carboxylic acids is 2. The molecule has 0 heterocycles. The van der Waals surface area contributed by atoms with Gasteiger partial charge < -0.3 is 25.8 Å². The highest BCUT2D eigenvalue weighted by Crippen LogP contribution is 2.39. The molecular formula is C27H29N3O4. The van der Waals surface area contributed by atoms with Gasteiger partial charge in [0.05, 0.1) is 7.11 Å². The Morgan fingerprint density at radius 2 is 1.65 bits per heavy atom. The van der Waals surface area contributed by atoms with Crippen LogP contribution in [0.25, 0.3) is 0 Å². The second kappa shape index (κ2) is 10.9. The molecule has 1 saturated carbocycles. The average Bonchev–Trinajstić information content (AvgIpc) is 3.60. The van der Waals surface area contributed by atoms with Gasteiger partial charge in [0.25, 0.3) is 0 Å². The smallest absolute Gasteiger partial charge is 0.408 e. The monoisotopic (exact) mass is 459 g/mol. The summed E-state index contributed by atoms with van der Waals surface area (Å²) in [5, 5.41) is 5.61. The molecule has 7 heteroatoms. The number of hydrogen-bond donors (Lipinski definition) is 3. The Balaban J connectivity index is 1.41. The van der Waals surface area contributed by atoms with Crippen molar-refractivity contribution in [3.8, 4) is 5.75 Å². The van der Waals surface area contributed by atoms with Gasteiger partial charge in [0.2, 0.25) is 5.91 Å². The summed E-state index contributed by atoms with van der Waals surface area (Å²) >= 11 is 0. The molecule has 0 radical (unpaired) electrons. The van der Waals surface area contributed by atoms with Crippen molar-refractivity contribution in [2.45, 2.75) is 37.5 Å². The van der Waals surface area contributed by atoms with Gasteiger partial charge >= 0.3 is 6.09 Å². The van der Waals surface area contributed by atoms with Crippen LogP contribution in [0.2, 0.25) is 0 Å². The molecule has 0 aliphatic heterocycles. The van der Waals surface area contributed by atoms with E-state index >= 15 is 0 Å². The topological polar surface area (TPSA) is 103 Å². The summed E-state index contributed by atoms with van der Waals surface area (Å²) in [6.45, 7) is 0.119. The predicted octanol–water partition coefficient (Wildman–Crippen LogP) is 3.99. The molecule has 3 aromatic carbocycles. The fraction of sp³-hybridized carbons (Fsp3) is 0.259. The normalized spacial score (nSPS) is 17.4. The van der Waals surface area contributed by atoms with Crippen LogP contribution >= 0.6 is 0 Å². The number of ether oxygens (including phenoxy) is 2. The van der Waals surface area contributed by atoms with Crippen molar-refractivity contribution in [3.05, 3.63) is 95.6 Å². The van der Waals surface area contributed by atoms with Crippen molar-refractivity contribution in [1.82, 2.24) is 5.32 Å². The van der Waals surface area contributed by atoms with Crippen molar-refractivity contribution >= 4 is 17.7 Å². The first-order valence-corrected chi connectivity index (χ1v) is 11.3. The molecule has 1 fully saturated rings. The van der Waals surface area contributed by atoms with Crippen molar-refractivity contribution in [2.75, 3.05) is 12.4 Å². The minimum absolute atomic E-state index is 0.119. The van der Waals surface area contributed by atoms with Crippen LogP contribution < -0.4 is 21.1 Å². The molecule has 0 spiro atoms. The molecule has 7 nitrogen and oxygen atoms in total. The minimum Gasteiger partial charge on any atom is -0.497 e. The SMILES string of the molecule is COc1ccc(CC(NC(=O)OCc2ccccc2)C(=O)Nc2ccc([C@@H]3C[C@H]3N)cc2)cc1. The van der Waals surface area contributed by atoms with E-state index in [1.165, 1.54) is 5.56 Å². The number of amides is 2. The van der Waals surface area contributed by atoms with E-state index in [9.17, 15) is 9.59 Å². The van der Waals surface area contributed by atoms with Gasteiger partial charge in [-0.15, -0.1) is 0 Å². The maximum atomic E-state index is 13.1. The Kier molecular flexibility index (Phi) is 7.44. The number of anilines is 1. The van der Waals surface area contributed by atoms with Gasteiger partial charge in [-0.2, -0.15) is 0 Å². The van der Waals surface area contributed by atoms with E-state index in [0.717, 1.165) is 23.3 Å². The second-order valence-corrected chi connectivity index (χ2v) is 8.43. The van der Waals surface area contributed by atoms with E-state index in [4.69, 9.17) is 15.2 Å². The largest absolute Gasteiger partial charge is 0.497 e. The van der Waals surface area contributed by atoms with Crippen LogP contribution in [0.15, 0.2) is 78.9 Å². The molecule has 3 atom stereocenters. The van der Waals surface area contributed by atoms with Crippen molar-refractivity contribution in [3.63, 3.8) is 0 Å². The van der Waals surface area contributed by atoms with E-state index in [2.05, 4.69) is 10.6 Å². The van der Waals surface area contributed by atoms with Gasteiger partial charge in [0.1, 0.15) is 18.4 Å². The first-order chi connectivity index (χ1) is 16.5. The van der Waals surface area contributed by atoms with E-state index in [1.54, 1.807) is 7.11 Å². The molecule has 2 amide bonds. The van der Waals surface area contributed by atoms with Gasteiger partial charge in [-0.25, -0.2) is 4.79 Å². The predicted molar refractivity (Wildman–Crippen MR) is 131 cm³/mol. The third-order valence-corrected chi connectivity index (χ3v) is 5.87. The van der Waals surface area contributed by atoms with Crippen molar-refractivity contribution in [1.29, 1.82) is 0 Å². The van der Waals surface area contributed by atoms with Crippen LogP contribution in [-0.4, -0.2) is 31.2 Å². The first kappa shape index (κ1) is 23.3. The third-order valence-electron chi connectivity index (χ3n) is 5.87. The van der Waals surface area contributed by atoms with Crippen molar-refractivity contribution < 1.29 is 19.1 Å². The van der Waals surface area contributed by atoms with Crippen LogP contribution in [0.5, 0.6) is 5.75 Å². The number of nitrogens with one attached hydrogen (secondary N) is 2. The zero-order valence-corrected chi connectivity index (χ0v) is 19.1. The molecular weight excluding hydrogens is 430 g/mol. The standard InChI is InChI=1S/C27H29N3O4/c1-33-22-13-7-18(8-14-22)15-25(30-27(32)34-17-19-5-3-2-4-6-19)26(31)29-21-11-9-20(10-12-21)23-16-24(23)28/h2-14,23-25H,15-17,28H2,1H3,(H,29,31)(H,30,32)/t23-,24+,25?/m0/s1. The van der Waals surface area contributed by atoms with E-state index < -0.39 is 12.1 Å².